The molecule has 2 aromatic rings. The fraction of sp³-hybridized carbons (Fsp3) is 0.412. The molecule has 0 radical (unpaired) electrons. The lowest BCUT2D eigenvalue weighted by molar-refractivity contribution is 0.0651. The largest absolute Gasteiger partial charge is 0.335 e. The van der Waals surface area contributed by atoms with Crippen LogP contribution < -0.4 is 5.32 Å². The monoisotopic (exact) mass is 376 g/mol. The van der Waals surface area contributed by atoms with Crippen molar-refractivity contribution < 1.29 is 4.79 Å². The van der Waals surface area contributed by atoms with Crippen LogP contribution in [0.1, 0.15) is 29.9 Å². The zero-order chi connectivity index (χ0) is 16.6. The maximum Gasteiger partial charge on any atom is 0.257 e. The summed E-state index contributed by atoms with van der Waals surface area (Å²) in [5.41, 5.74) is 2.32. The molecule has 0 bridgehead atoms. The van der Waals surface area contributed by atoms with Crippen LogP contribution in [0.5, 0.6) is 0 Å². The molecule has 2 heterocycles. The Morgan fingerprint density at radius 1 is 1.30 bits per heavy atom. The third-order valence-electron chi connectivity index (χ3n) is 4.08. The van der Waals surface area contributed by atoms with Gasteiger partial charge in [-0.05, 0) is 45.0 Å². The molecule has 5 nitrogen and oxygen atoms in total. The molecule has 1 aromatic carbocycles. The zero-order valence-corrected chi connectivity index (χ0v) is 15.2. The van der Waals surface area contributed by atoms with E-state index in [0.717, 1.165) is 28.9 Å². The van der Waals surface area contributed by atoms with Crippen LogP contribution in [0, 0.1) is 6.92 Å². The predicted octanol–water partition coefficient (Wildman–Crippen LogP) is 2.77. The quantitative estimate of drug-likeness (QED) is 0.876. The Hall–Kier alpha value is -1.66. The molecule has 0 aliphatic carbocycles. The van der Waals surface area contributed by atoms with Crippen LogP contribution in [0.3, 0.4) is 0 Å². The Kier molecular flexibility index (Phi) is 4.29. The molecule has 1 aromatic heterocycles. The highest BCUT2D eigenvalue weighted by Crippen LogP contribution is 2.19. The van der Waals surface area contributed by atoms with E-state index in [1.165, 1.54) is 0 Å². The fourth-order valence-corrected chi connectivity index (χ4v) is 3.15. The second-order valence-electron chi connectivity index (χ2n) is 6.59. The summed E-state index contributed by atoms with van der Waals surface area (Å²) in [7, 11) is 0. The summed E-state index contributed by atoms with van der Waals surface area (Å²) in [5, 5.41) is 7.93. The minimum Gasteiger partial charge on any atom is -0.335 e. The maximum atomic E-state index is 12.8. The molecule has 0 atom stereocenters. The Bertz CT molecular complexity index is 721. The lowest BCUT2D eigenvalue weighted by Crippen LogP contribution is -2.58. The molecule has 1 amide bonds. The molecule has 0 spiro atoms. The molecule has 1 N–H and O–H groups in total. The van der Waals surface area contributed by atoms with Crippen molar-refractivity contribution in [3.8, 4) is 5.69 Å². The van der Waals surface area contributed by atoms with E-state index in [-0.39, 0.29) is 11.4 Å². The van der Waals surface area contributed by atoms with Gasteiger partial charge in [-0.1, -0.05) is 15.9 Å². The van der Waals surface area contributed by atoms with Gasteiger partial charge in [-0.3, -0.25) is 4.79 Å². The molecule has 1 fully saturated rings. The molecule has 6 heteroatoms. The normalized spacial score (nSPS) is 17.3. The summed E-state index contributed by atoms with van der Waals surface area (Å²) >= 11 is 3.43. The van der Waals surface area contributed by atoms with Gasteiger partial charge in [0, 0.05) is 35.8 Å². The van der Waals surface area contributed by atoms with Crippen LogP contribution in [0.15, 0.2) is 34.9 Å². The maximum absolute atomic E-state index is 12.8. The van der Waals surface area contributed by atoms with Gasteiger partial charge in [0.2, 0.25) is 0 Å². The summed E-state index contributed by atoms with van der Waals surface area (Å²) < 4.78 is 2.78. The summed E-state index contributed by atoms with van der Waals surface area (Å²) in [6.07, 6.45) is 1.83. The number of rotatable bonds is 2. The summed E-state index contributed by atoms with van der Waals surface area (Å²) in [6, 6.07) is 7.87. The van der Waals surface area contributed by atoms with Crippen LogP contribution in [0.25, 0.3) is 5.69 Å². The molecule has 0 unspecified atom stereocenters. The van der Waals surface area contributed by atoms with Crippen molar-refractivity contribution in [2.75, 3.05) is 19.6 Å². The first-order chi connectivity index (χ1) is 10.9. The van der Waals surface area contributed by atoms with Gasteiger partial charge >= 0.3 is 0 Å². The number of aryl methyl sites for hydroxylation is 1. The number of amides is 1. The number of hydrogen-bond donors (Lipinski definition) is 1. The van der Waals surface area contributed by atoms with Gasteiger partial charge in [0.1, 0.15) is 0 Å². The number of carbonyl (C=O) groups excluding carboxylic acids is 1. The Morgan fingerprint density at radius 2 is 2.00 bits per heavy atom. The van der Waals surface area contributed by atoms with E-state index in [1.807, 2.05) is 42.3 Å². The Balaban J connectivity index is 1.86. The van der Waals surface area contributed by atoms with Crippen LogP contribution in [0.2, 0.25) is 0 Å². The summed E-state index contributed by atoms with van der Waals surface area (Å²) in [5.74, 6) is 0.0560. The molecule has 122 valence electrons. The first-order valence-electron chi connectivity index (χ1n) is 7.72. The molecule has 1 saturated heterocycles. The van der Waals surface area contributed by atoms with Crippen molar-refractivity contribution >= 4 is 21.8 Å². The number of benzene rings is 1. The van der Waals surface area contributed by atoms with Crippen molar-refractivity contribution in [3.63, 3.8) is 0 Å². The number of halogens is 1. The lowest BCUT2D eigenvalue weighted by Gasteiger charge is -2.39. The van der Waals surface area contributed by atoms with Crippen molar-refractivity contribution in [2.24, 2.45) is 0 Å². The van der Waals surface area contributed by atoms with Crippen LogP contribution >= 0.6 is 15.9 Å². The molecule has 23 heavy (non-hydrogen) atoms. The van der Waals surface area contributed by atoms with Gasteiger partial charge < -0.3 is 10.2 Å². The number of hydrogen-bond acceptors (Lipinski definition) is 3. The zero-order valence-electron chi connectivity index (χ0n) is 13.6. The number of nitrogens with zero attached hydrogens (tertiary/aromatic N) is 3. The minimum atomic E-state index is -0.0521. The van der Waals surface area contributed by atoms with E-state index in [4.69, 9.17) is 0 Å². The second-order valence-corrected chi connectivity index (χ2v) is 7.50. The highest BCUT2D eigenvalue weighted by Gasteiger charge is 2.30. The van der Waals surface area contributed by atoms with Crippen molar-refractivity contribution in [3.05, 3.63) is 46.2 Å². The third kappa shape index (κ3) is 3.48. The van der Waals surface area contributed by atoms with Gasteiger partial charge in [0.25, 0.3) is 5.91 Å². The number of carbonyl (C=O) groups is 1. The highest BCUT2D eigenvalue weighted by atomic mass is 79.9. The van der Waals surface area contributed by atoms with Gasteiger partial charge in [0.15, 0.2) is 0 Å². The van der Waals surface area contributed by atoms with E-state index < -0.39 is 0 Å². The highest BCUT2D eigenvalue weighted by molar-refractivity contribution is 9.10. The van der Waals surface area contributed by atoms with E-state index in [9.17, 15) is 4.79 Å². The topological polar surface area (TPSA) is 50.2 Å². The Labute approximate surface area is 144 Å². The molecule has 0 saturated carbocycles. The minimum absolute atomic E-state index is 0.0521. The van der Waals surface area contributed by atoms with E-state index in [0.29, 0.717) is 12.1 Å². The fourth-order valence-electron chi connectivity index (χ4n) is 2.88. The van der Waals surface area contributed by atoms with Crippen LogP contribution in [-0.4, -0.2) is 45.8 Å². The van der Waals surface area contributed by atoms with E-state index >= 15 is 0 Å². The van der Waals surface area contributed by atoms with E-state index in [1.54, 1.807) is 4.68 Å². The van der Waals surface area contributed by atoms with Crippen LogP contribution in [0.4, 0.5) is 0 Å². The number of nitrogens with one attached hydrogen (secondary N) is 1. The van der Waals surface area contributed by atoms with Crippen LogP contribution in [-0.2, 0) is 0 Å². The molecular weight excluding hydrogens is 356 g/mol. The van der Waals surface area contributed by atoms with Gasteiger partial charge in [0.05, 0.1) is 16.9 Å². The lowest BCUT2D eigenvalue weighted by atomic mass is 10.0. The summed E-state index contributed by atoms with van der Waals surface area (Å²) in [4.78, 5) is 14.8. The number of piperazine rings is 1. The SMILES string of the molecule is Cc1nn(-c2ccc(Br)cc2)cc1C(=O)N1CCNC(C)(C)C1. The predicted molar refractivity (Wildman–Crippen MR) is 94.0 cm³/mol. The Morgan fingerprint density at radius 3 is 2.65 bits per heavy atom. The van der Waals surface area contributed by atoms with Crippen molar-refractivity contribution in [1.82, 2.24) is 20.0 Å². The molecule has 1 aliphatic heterocycles. The number of aromatic nitrogens is 2. The summed E-state index contributed by atoms with van der Waals surface area (Å²) in [6.45, 7) is 8.36. The smallest absolute Gasteiger partial charge is 0.257 e. The van der Waals surface area contributed by atoms with Gasteiger partial charge in [-0.2, -0.15) is 5.10 Å². The van der Waals surface area contributed by atoms with Gasteiger partial charge in [-0.15, -0.1) is 0 Å². The van der Waals surface area contributed by atoms with E-state index in [2.05, 4.69) is 40.2 Å². The first-order valence-corrected chi connectivity index (χ1v) is 8.51. The van der Waals surface area contributed by atoms with Gasteiger partial charge in [-0.25, -0.2) is 4.68 Å². The standard InChI is InChI=1S/C17H21BrN4O/c1-12-15(16(23)21-9-8-19-17(2,3)11-21)10-22(20-12)14-6-4-13(18)5-7-14/h4-7,10,19H,8-9,11H2,1-3H3. The third-order valence-corrected chi connectivity index (χ3v) is 4.61. The second kappa shape index (κ2) is 6.09. The average Bonchev–Trinajstić information content (AvgIpc) is 2.88. The average molecular weight is 377 g/mol. The van der Waals surface area contributed by atoms with Crippen molar-refractivity contribution in [2.45, 2.75) is 26.3 Å². The molecule has 3 rings (SSSR count). The first kappa shape index (κ1) is 16.2. The van der Waals surface area contributed by atoms with Crippen molar-refractivity contribution in [1.29, 1.82) is 0 Å². The molecule has 1 aliphatic rings. The molecular formula is C17H21BrN4O.